The molecule has 1 aliphatic heterocycles. The number of carbonyl (C=O) groups excluding carboxylic acids is 2. The van der Waals surface area contributed by atoms with Gasteiger partial charge in [0.15, 0.2) is 5.82 Å². The monoisotopic (exact) mass is 392 g/mol. The highest BCUT2D eigenvalue weighted by atomic mass is 16.5. The molecule has 3 aromatic rings. The van der Waals surface area contributed by atoms with Gasteiger partial charge in [0.2, 0.25) is 5.88 Å². The summed E-state index contributed by atoms with van der Waals surface area (Å²) in [5, 5.41) is 13.5. The van der Waals surface area contributed by atoms with E-state index in [1.54, 1.807) is 31.2 Å². The molecule has 4 rings (SSSR count). The van der Waals surface area contributed by atoms with Gasteiger partial charge < -0.3 is 19.9 Å². The van der Waals surface area contributed by atoms with Crippen molar-refractivity contribution < 1.29 is 14.3 Å². The molecule has 2 amide bonds. The number of hydrogen-bond acceptors (Lipinski definition) is 6. The van der Waals surface area contributed by atoms with Crippen molar-refractivity contribution in [3.8, 4) is 11.6 Å². The number of anilines is 1. The van der Waals surface area contributed by atoms with E-state index in [0.717, 1.165) is 25.2 Å². The first-order valence-electron chi connectivity index (χ1n) is 9.33. The summed E-state index contributed by atoms with van der Waals surface area (Å²) >= 11 is 0. The number of pyridine rings is 1. The van der Waals surface area contributed by atoms with Crippen LogP contribution >= 0.6 is 0 Å². The van der Waals surface area contributed by atoms with Crippen LogP contribution in [0.15, 0.2) is 48.7 Å². The molecular weight excluding hydrogens is 372 g/mol. The van der Waals surface area contributed by atoms with Crippen LogP contribution in [-0.2, 0) is 22.6 Å². The lowest BCUT2D eigenvalue weighted by atomic mass is 10.3. The Balaban J connectivity index is 1.37. The Morgan fingerprint density at radius 3 is 2.79 bits per heavy atom. The number of fused-ring (bicyclic) bond motifs is 1. The van der Waals surface area contributed by atoms with Crippen molar-refractivity contribution in [3.05, 3.63) is 60.3 Å². The Kier molecular flexibility index (Phi) is 5.19. The van der Waals surface area contributed by atoms with Crippen LogP contribution in [0.5, 0.6) is 11.6 Å². The summed E-state index contributed by atoms with van der Waals surface area (Å²) in [6.07, 6.45) is 3.38. The second kappa shape index (κ2) is 8.09. The number of nitrogens with zero attached hydrogens (tertiary/aromatic N) is 4. The molecule has 148 valence electrons. The highest BCUT2D eigenvalue weighted by molar-refractivity contribution is 6.39. The van der Waals surface area contributed by atoms with E-state index >= 15 is 0 Å². The molecular formula is C20H20N6O3. The summed E-state index contributed by atoms with van der Waals surface area (Å²) in [6.45, 7) is 2.60. The van der Waals surface area contributed by atoms with Crippen molar-refractivity contribution in [2.75, 3.05) is 5.32 Å². The average Bonchev–Trinajstić information content (AvgIpc) is 3.32. The maximum Gasteiger partial charge on any atom is 0.313 e. The van der Waals surface area contributed by atoms with Crippen molar-refractivity contribution in [2.24, 2.45) is 0 Å². The second-order valence-corrected chi connectivity index (χ2v) is 6.68. The van der Waals surface area contributed by atoms with Gasteiger partial charge in [-0.1, -0.05) is 18.2 Å². The van der Waals surface area contributed by atoms with Crippen LogP contribution in [0, 0.1) is 0 Å². The molecule has 0 saturated heterocycles. The van der Waals surface area contributed by atoms with Crippen LogP contribution in [-0.4, -0.2) is 31.6 Å². The van der Waals surface area contributed by atoms with E-state index < -0.39 is 17.9 Å². The van der Waals surface area contributed by atoms with E-state index in [4.69, 9.17) is 4.74 Å². The SMILES string of the molecule is C[C@H](NC(=O)C(=O)Nc1ccnc(Oc2ccccc2)c1)c1nnc2n1CCC2. The number of aromatic nitrogens is 4. The summed E-state index contributed by atoms with van der Waals surface area (Å²) in [5.74, 6) is 0.956. The van der Waals surface area contributed by atoms with E-state index in [0.29, 0.717) is 23.1 Å². The Labute approximate surface area is 167 Å². The van der Waals surface area contributed by atoms with Crippen molar-refractivity contribution in [1.29, 1.82) is 0 Å². The number of para-hydroxylation sites is 1. The van der Waals surface area contributed by atoms with Crippen molar-refractivity contribution in [1.82, 2.24) is 25.1 Å². The zero-order chi connectivity index (χ0) is 20.2. The largest absolute Gasteiger partial charge is 0.439 e. The number of nitrogens with one attached hydrogen (secondary N) is 2. The molecule has 1 aliphatic rings. The Morgan fingerprint density at radius 2 is 1.97 bits per heavy atom. The molecule has 0 fully saturated rings. The predicted molar refractivity (Wildman–Crippen MR) is 104 cm³/mol. The van der Waals surface area contributed by atoms with E-state index in [9.17, 15) is 9.59 Å². The first kappa shape index (κ1) is 18.6. The van der Waals surface area contributed by atoms with Crippen molar-refractivity contribution in [3.63, 3.8) is 0 Å². The summed E-state index contributed by atoms with van der Waals surface area (Å²) in [7, 11) is 0. The third kappa shape index (κ3) is 4.23. The van der Waals surface area contributed by atoms with Crippen LogP contribution in [0.3, 0.4) is 0 Å². The number of aryl methyl sites for hydroxylation is 1. The number of hydrogen-bond donors (Lipinski definition) is 2. The molecule has 1 atom stereocenters. The van der Waals surface area contributed by atoms with Gasteiger partial charge in [0.25, 0.3) is 0 Å². The predicted octanol–water partition coefficient (Wildman–Crippen LogP) is 2.23. The molecule has 0 saturated carbocycles. The third-order valence-electron chi connectivity index (χ3n) is 4.54. The van der Waals surface area contributed by atoms with Crippen LogP contribution in [0.4, 0.5) is 5.69 Å². The zero-order valence-corrected chi connectivity index (χ0v) is 15.8. The number of carbonyl (C=O) groups is 2. The van der Waals surface area contributed by atoms with Gasteiger partial charge >= 0.3 is 11.8 Å². The molecule has 0 spiro atoms. The molecule has 9 nitrogen and oxygen atoms in total. The smallest absolute Gasteiger partial charge is 0.313 e. The zero-order valence-electron chi connectivity index (χ0n) is 15.8. The first-order valence-corrected chi connectivity index (χ1v) is 9.33. The van der Waals surface area contributed by atoms with Gasteiger partial charge in [0.05, 0.1) is 6.04 Å². The molecule has 0 unspecified atom stereocenters. The number of rotatable bonds is 5. The standard InChI is InChI=1S/C20H20N6O3/c1-13(18-25-24-16-8-5-11-26(16)18)22-19(27)20(28)23-14-9-10-21-17(12-14)29-15-6-3-2-4-7-15/h2-4,6-7,9-10,12-13H,5,8,11H2,1H3,(H,22,27)(H,21,23,28)/t13-/m0/s1. The topological polar surface area (TPSA) is 111 Å². The maximum atomic E-state index is 12.3. The fourth-order valence-corrected chi connectivity index (χ4v) is 3.16. The van der Waals surface area contributed by atoms with Crippen LogP contribution in [0.2, 0.25) is 0 Å². The quantitative estimate of drug-likeness (QED) is 0.644. The lowest BCUT2D eigenvalue weighted by Gasteiger charge is -2.14. The molecule has 0 radical (unpaired) electrons. The summed E-state index contributed by atoms with van der Waals surface area (Å²) in [4.78, 5) is 28.7. The maximum absolute atomic E-state index is 12.3. The fourth-order valence-electron chi connectivity index (χ4n) is 3.16. The second-order valence-electron chi connectivity index (χ2n) is 6.68. The molecule has 1 aromatic carbocycles. The van der Waals surface area contributed by atoms with Gasteiger partial charge in [-0.25, -0.2) is 4.98 Å². The molecule has 2 N–H and O–H groups in total. The number of ether oxygens (including phenoxy) is 1. The van der Waals surface area contributed by atoms with Crippen LogP contribution in [0.1, 0.15) is 31.0 Å². The van der Waals surface area contributed by atoms with Gasteiger partial charge in [0.1, 0.15) is 11.6 Å². The minimum atomic E-state index is -0.783. The lowest BCUT2D eigenvalue weighted by Crippen LogP contribution is -2.37. The molecule has 2 aromatic heterocycles. The normalized spacial score (nSPS) is 13.4. The van der Waals surface area contributed by atoms with Gasteiger partial charge in [-0.15, -0.1) is 10.2 Å². The molecule has 3 heterocycles. The number of benzene rings is 1. The number of amides is 2. The highest BCUT2D eigenvalue weighted by Crippen LogP contribution is 2.22. The molecule has 0 aliphatic carbocycles. The molecule has 29 heavy (non-hydrogen) atoms. The van der Waals surface area contributed by atoms with Gasteiger partial charge in [-0.05, 0) is 31.5 Å². The Bertz CT molecular complexity index is 1030. The minimum Gasteiger partial charge on any atom is -0.439 e. The van der Waals surface area contributed by atoms with E-state index in [-0.39, 0.29) is 0 Å². The summed E-state index contributed by atoms with van der Waals surface area (Å²) < 4.78 is 7.62. The Morgan fingerprint density at radius 1 is 1.14 bits per heavy atom. The fraction of sp³-hybridized carbons (Fsp3) is 0.250. The van der Waals surface area contributed by atoms with Gasteiger partial charge in [-0.2, -0.15) is 0 Å². The van der Waals surface area contributed by atoms with Crippen molar-refractivity contribution in [2.45, 2.75) is 32.4 Å². The summed E-state index contributed by atoms with van der Waals surface area (Å²) in [6, 6.07) is 11.9. The van der Waals surface area contributed by atoms with E-state index in [1.165, 1.54) is 6.20 Å². The van der Waals surface area contributed by atoms with E-state index in [1.807, 2.05) is 22.8 Å². The van der Waals surface area contributed by atoms with Crippen molar-refractivity contribution >= 4 is 17.5 Å². The van der Waals surface area contributed by atoms with Gasteiger partial charge in [0, 0.05) is 30.9 Å². The van der Waals surface area contributed by atoms with Crippen LogP contribution < -0.4 is 15.4 Å². The summed E-state index contributed by atoms with van der Waals surface area (Å²) in [5.41, 5.74) is 0.405. The van der Waals surface area contributed by atoms with Crippen LogP contribution in [0.25, 0.3) is 0 Å². The first-order chi connectivity index (χ1) is 14.1. The molecule has 0 bridgehead atoms. The lowest BCUT2D eigenvalue weighted by molar-refractivity contribution is -0.136. The average molecular weight is 392 g/mol. The highest BCUT2D eigenvalue weighted by Gasteiger charge is 2.24. The third-order valence-corrected chi connectivity index (χ3v) is 4.54. The van der Waals surface area contributed by atoms with Gasteiger partial charge in [-0.3, -0.25) is 9.59 Å². The van der Waals surface area contributed by atoms with E-state index in [2.05, 4.69) is 25.8 Å². The molecule has 9 heteroatoms. The Hall–Kier alpha value is -3.75. The minimum absolute atomic E-state index is 0.307.